The molecule has 3 fully saturated rings. The van der Waals surface area contributed by atoms with Gasteiger partial charge < -0.3 is 15.3 Å². The van der Waals surface area contributed by atoms with Crippen molar-refractivity contribution in [3.8, 4) is 5.69 Å². The Morgan fingerprint density at radius 1 is 1.05 bits per heavy atom. The predicted molar refractivity (Wildman–Crippen MR) is 156 cm³/mol. The monoisotopic (exact) mass is 549 g/mol. The largest absolute Gasteiger partial charge is 0.392 e. The van der Waals surface area contributed by atoms with Crippen molar-refractivity contribution < 1.29 is 14.7 Å². The van der Waals surface area contributed by atoms with Crippen LogP contribution in [0.5, 0.6) is 0 Å². The van der Waals surface area contributed by atoms with Crippen molar-refractivity contribution in [3.05, 3.63) is 46.8 Å². The van der Waals surface area contributed by atoms with Gasteiger partial charge in [-0.15, -0.1) is 0 Å². The molecular formula is C32H47N5O3. The van der Waals surface area contributed by atoms with Crippen LogP contribution in [0, 0.1) is 19.8 Å². The maximum absolute atomic E-state index is 13.8. The first-order chi connectivity index (χ1) is 19.4. The van der Waals surface area contributed by atoms with Crippen LogP contribution in [0.4, 0.5) is 0 Å². The second-order valence-electron chi connectivity index (χ2n) is 12.3. The fourth-order valence-corrected chi connectivity index (χ4v) is 7.13. The second-order valence-corrected chi connectivity index (χ2v) is 12.3. The first kappa shape index (κ1) is 28.8. The lowest BCUT2D eigenvalue weighted by Crippen LogP contribution is -2.73. The molecule has 3 heterocycles. The molecule has 0 unspecified atom stereocenters. The topological polar surface area (TPSA) is 90.7 Å². The number of carbonyl (C=O) groups excluding carboxylic acids is 2. The van der Waals surface area contributed by atoms with Crippen molar-refractivity contribution in [1.82, 2.24) is 24.9 Å². The number of rotatable bonds is 9. The summed E-state index contributed by atoms with van der Waals surface area (Å²) in [6.45, 7) is 9.32. The maximum atomic E-state index is 13.8. The number of nitrogens with zero attached hydrogens (tertiary/aromatic N) is 4. The predicted octanol–water partition coefficient (Wildman–Crippen LogP) is 4.41. The average Bonchev–Trinajstić information content (AvgIpc) is 3.26. The quantitative estimate of drug-likeness (QED) is 0.484. The van der Waals surface area contributed by atoms with E-state index in [2.05, 4.69) is 31.0 Å². The minimum Gasteiger partial charge on any atom is -0.392 e. The maximum Gasteiger partial charge on any atom is 0.246 e. The number of aromatic nitrogens is 2. The van der Waals surface area contributed by atoms with Crippen molar-refractivity contribution >= 4 is 11.8 Å². The van der Waals surface area contributed by atoms with Gasteiger partial charge in [0, 0.05) is 37.4 Å². The van der Waals surface area contributed by atoms with Gasteiger partial charge in [-0.3, -0.25) is 14.5 Å². The minimum absolute atomic E-state index is 0.0275. The molecule has 1 saturated carbocycles. The zero-order chi connectivity index (χ0) is 28.3. The molecule has 1 aliphatic carbocycles. The Morgan fingerprint density at radius 2 is 1.75 bits per heavy atom. The van der Waals surface area contributed by atoms with Crippen molar-refractivity contribution in [2.24, 2.45) is 5.92 Å². The Hall–Kier alpha value is -2.71. The fraction of sp³-hybridized carbons (Fsp3) is 0.656. The van der Waals surface area contributed by atoms with Gasteiger partial charge in [-0.25, -0.2) is 4.68 Å². The molecule has 218 valence electrons. The lowest BCUT2D eigenvalue weighted by Gasteiger charge is -2.52. The normalized spacial score (nSPS) is 22.2. The van der Waals surface area contributed by atoms with E-state index in [4.69, 9.17) is 5.10 Å². The molecule has 5 rings (SSSR count). The Kier molecular flexibility index (Phi) is 8.95. The van der Waals surface area contributed by atoms with Crippen LogP contribution in [0.3, 0.4) is 0 Å². The van der Waals surface area contributed by atoms with Crippen LogP contribution in [-0.2, 0) is 22.7 Å². The number of nitrogens with one attached hydrogen (secondary N) is 1. The first-order valence-electron chi connectivity index (χ1n) is 15.5. The number of benzene rings is 1. The second kappa shape index (κ2) is 12.4. The molecule has 2 aliphatic heterocycles. The molecule has 2 aromatic rings. The summed E-state index contributed by atoms with van der Waals surface area (Å²) < 4.78 is 1.98. The molecule has 0 radical (unpaired) electrons. The number of aliphatic hydroxyl groups is 1. The Balaban J connectivity index is 1.28. The minimum atomic E-state index is -0.728. The number of hydrogen-bond acceptors (Lipinski definition) is 5. The Labute approximate surface area is 239 Å². The highest BCUT2D eigenvalue weighted by Gasteiger charge is 2.53. The van der Waals surface area contributed by atoms with Gasteiger partial charge in [0.15, 0.2) is 0 Å². The lowest BCUT2D eigenvalue weighted by atomic mass is 9.79. The molecule has 1 atom stereocenters. The Morgan fingerprint density at radius 3 is 2.40 bits per heavy atom. The molecule has 3 aliphatic rings. The third kappa shape index (κ3) is 5.70. The molecule has 1 spiro atoms. The average molecular weight is 550 g/mol. The number of aryl methyl sites for hydroxylation is 1. The smallest absolute Gasteiger partial charge is 0.246 e. The summed E-state index contributed by atoms with van der Waals surface area (Å²) in [7, 11) is 0. The molecule has 1 aromatic heterocycles. The number of aliphatic hydroxyl groups excluding tert-OH is 1. The van der Waals surface area contributed by atoms with Gasteiger partial charge in [0.2, 0.25) is 11.8 Å². The highest BCUT2D eigenvalue weighted by Crippen LogP contribution is 2.36. The molecule has 2 N–H and O–H groups in total. The SMILES string of the molecule is CCCCN1C(=O)[C@H](CC2CCCCC2)NC(=O)C12CCN(Cc1c(C)nn(-c3ccc(CO)cc3)c1C)CC2. The van der Waals surface area contributed by atoms with Crippen LogP contribution in [-0.4, -0.2) is 67.7 Å². The van der Waals surface area contributed by atoms with Gasteiger partial charge in [-0.05, 0) is 63.1 Å². The highest BCUT2D eigenvalue weighted by atomic mass is 16.3. The molecule has 2 amide bonds. The van der Waals surface area contributed by atoms with Gasteiger partial charge in [0.1, 0.15) is 11.6 Å². The number of hydrogen-bond donors (Lipinski definition) is 2. The van der Waals surface area contributed by atoms with Crippen molar-refractivity contribution in [3.63, 3.8) is 0 Å². The van der Waals surface area contributed by atoms with E-state index >= 15 is 0 Å². The zero-order valence-corrected chi connectivity index (χ0v) is 24.6. The Bertz CT molecular complexity index is 1180. The van der Waals surface area contributed by atoms with Crippen molar-refractivity contribution in [1.29, 1.82) is 0 Å². The molecule has 8 nitrogen and oxygen atoms in total. The third-order valence-corrected chi connectivity index (χ3v) is 9.71. The summed E-state index contributed by atoms with van der Waals surface area (Å²) in [5.41, 5.74) is 4.45. The molecule has 0 bridgehead atoms. The summed E-state index contributed by atoms with van der Waals surface area (Å²) in [5, 5.41) is 17.4. The summed E-state index contributed by atoms with van der Waals surface area (Å²) >= 11 is 0. The van der Waals surface area contributed by atoms with E-state index < -0.39 is 5.54 Å². The summed E-state index contributed by atoms with van der Waals surface area (Å²) in [4.78, 5) is 32.0. The molecule has 2 saturated heterocycles. The van der Waals surface area contributed by atoms with Crippen LogP contribution in [0.15, 0.2) is 24.3 Å². The number of likely N-dealkylation sites (tertiary alicyclic amines) is 1. The molecule has 40 heavy (non-hydrogen) atoms. The van der Waals surface area contributed by atoms with Crippen LogP contribution >= 0.6 is 0 Å². The van der Waals surface area contributed by atoms with E-state index in [1.54, 1.807) is 0 Å². The molecular weight excluding hydrogens is 502 g/mol. The summed E-state index contributed by atoms with van der Waals surface area (Å²) in [5.74, 6) is 0.759. The van der Waals surface area contributed by atoms with E-state index in [0.29, 0.717) is 25.3 Å². The van der Waals surface area contributed by atoms with Gasteiger partial charge in [0.25, 0.3) is 0 Å². The van der Waals surface area contributed by atoms with E-state index in [1.807, 2.05) is 33.8 Å². The van der Waals surface area contributed by atoms with Gasteiger partial charge in [-0.2, -0.15) is 5.10 Å². The van der Waals surface area contributed by atoms with Gasteiger partial charge in [-0.1, -0.05) is 57.6 Å². The molecule has 8 heteroatoms. The number of amides is 2. The number of piperazine rings is 1. The van der Waals surface area contributed by atoms with E-state index in [9.17, 15) is 14.7 Å². The molecule has 1 aromatic carbocycles. The number of piperidine rings is 1. The highest BCUT2D eigenvalue weighted by molar-refractivity contribution is 6.00. The number of carbonyl (C=O) groups is 2. The standard InChI is InChI=1S/C32H47N5O3/c1-4-5-17-36-30(39)29(20-25-9-7-6-8-10-25)33-31(40)32(36)15-18-35(19-16-32)21-28-23(2)34-37(24(28)3)27-13-11-26(22-38)12-14-27/h11-14,25,29,38H,4-10,15-22H2,1-3H3,(H,33,40)/t29-/m0/s1. The first-order valence-corrected chi connectivity index (χ1v) is 15.5. The van der Waals surface area contributed by atoms with Crippen molar-refractivity contribution in [2.75, 3.05) is 19.6 Å². The van der Waals surface area contributed by atoms with Gasteiger partial charge >= 0.3 is 0 Å². The zero-order valence-electron chi connectivity index (χ0n) is 24.6. The van der Waals surface area contributed by atoms with E-state index in [0.717, 1.165) is 61.5 Å². The van der Waals surface area contributed by atoms with E-state index in [-0.39, 0.29) is 24.5 Å². The van der Waals surface area contributed by atoms with Crippen LogP contribution in [0.1, 0.15) is 93.6 Å². The lowest BCUT2D eigenvalue weighted by molar-refractivity contribution is -0.162. The van der Waals surface area contributed by atoms with Crippen LogP contribution in [0.2, 0.25) is 0 Å². The fourth-order valence-electron chi connectivity index (χ4n) is 7.13. The summed E-state index contributed by atoms with van der Waals surface area (Å²) in [6, 6.07) is 7.47. The van der Waals surface area contributed by atoms with Crippen LogP contribution in [0.25, 0.3) is 5.69 Å². The van der Waals surface area contributed by atoms with Crippen molar-refractivity contribution in [2.45, 2.75) is 110 Å². The summed E-state index contributed by atoms with van der Waals surface area (Å²) in [6.07, 6.45) is 10.2. The van der Waals surface area contributed by atoms with Crippen LogP contribution < -0.4 is 5.32 Å². The van der Waals surface area contributed by atoms with E-state index in [1.165, 1.54) is 37.7 Å². The van der Waals surface area contributed by atoms with Gasteiger partial charge in [0.05, 0.1) is 18.0 Å². The third-order valence-electron chi connectivity index (χ3n) is 9.71. The number of unbranched alkanes of at least 4 members (excludes halogenated alkanes) is 1.